The van der Waals surface area contributed by atoms with Crippen LogP contribution in [0.2, 0.25) is 0 Å². The topological polar surface area (TPSA) is 51.0 Å². The summed E-state index contributed by atoms with van der Waals surface area (Å²) in [5.41, 5.74) is 5.80. The van der Waals surface area contributed by atoms with Crippen LogP contribution in [0.3, 0.4) is 0 Å². The molecule has 0 N–H and O–H groups in total. The van der Waals surface area contributed by atoms with Gasteiger partial charge in [-0.1, -0.05) is 47.7 Å². The minimum atomic E-state index is -0.130. The van der Waals surface area contributed by atoms with E-state index in [2.05, 4.69) is 44.9 Å². The third-order valence-electron chi connectivity index (χ3n) is 5.36. The van der Waals surface area contributed by atoms with Gasteiger partial charge in [0, 0.05) is 11.7 Å². The van der Waals surface area contributed by atoms with Crippen molar-refractivity contribution in [1.82, 2.24) is 14.8 Å². The molecule has 0 unspecified atom stereocenters. The number of hydrogen-bond donors (Lipinski definition) is 0. The number of rotatable bonds is 5. The van der Waals surface area contributed by atoms with Crippen LogP contribution in [0.1, 0.15) is 52.8 Å². The Bertz CT molecular complexity index is 1210. The lowest BCUT2D eigenvalue weighted by atomic mass is 10.1. The van der Waals surface area contributed by atoms with Crippen LogP contribution < -0.4 is 4.90 Å². The van der Waals surface area contributed by atoms with Crippen molar-refractivity contribution in [3.63, 3.8) is 0 Å². The summed E-state index contributed by atoms with van der Waals surface area (Å²) in [6, 6.07) is 16.3. The lowest BCUT2D eigenvalue weighted by molar-refractivity contribution is 0.0979. The van der Waals surface area contributed by atoms with Crippen LogP contribution in [0, 0.1) is 20.8 Å². The SMILES string of the molecule is Cc1ccc2sc(N(Cc3ccccc3)C(=O)c3cc(C)n(C(C)C)n3)nc2c1C. The largest absolute Gasteiger partial charge is 0.280 e. The maximum Gasteiger partial charge on any atom is 0.280 e. The fraction of sp³-hybridized carbons (Fsp3) is 0.292. The Morgan fingerprint density at radius 1 is 1.10 bits per heavy atom. The van der Waals surface area contributed by atoms with E-state index in [1.54, 1.807) is 16.2 Å². The summed E-state index contributed by atoms with van der Waals surface area (Å²) >= 11 is 1.55. The Balaban J connectivity index is 1.79. The van der Waals surface area contributed by atoms with Crippen molar-refractivity contribution in [2.24, 2.45) is 0 Å². The van der Waals surface area contributed by atoms with E-state index >= 15 is 0 Å². The molecule has 0 aliphatic carbocycles. The summed E-state index contributed by atoms with van der Waals surface area (Å²) in [4.78, 5) is 20.2. The van der Waals surface area contributed by atoms with Gasteiger partial charge in [-0.05, 0) is 63.4 Å². The summed E-state index contributed by atoms with van der Waals surface area (Å²) < 4.78 is 2.97. The number of fused-ring (bicyclic) bond motifs is 1. The molecule has 0 aliphatic rings. The first-order valence-corrected chi connectivity index (χ1v) is 11.0. The minimum Gasteiger partial charge on any atom is -0.278 e. The smallest absolute Gasteiger partial charge is 0.278 e. The number of thiazole rings is 1. The maximum absolute atomic E-state index is 13.6. The van der Waals surface area contributed by atoms with Crippen molar-refractivity contribution in [2.75, 3.05) is 4.90 Å². The average molecular weight is 419 g/mol. The van der Waals surface area contributed by atoms with Gasteiger partial charge in [0.15, 0.2) is 10.8 Å². The number of nitrogens with zero attached hydrogens (tertiary/aromatic N) is 4. The molecule has 5 nitrogen and oxygen atoms in total. The van der Waals surface area contributed by atoms with Crippen LogP contribution >= 0.6 is 11.3 Å². The quantitative estimate of drug-likeness (QED) is 0.409. The normalized spacial score (nSPS) is 11.4. The molecule has 4 rings (SSSR count). The molecular formula is C24H26N4OS. The highest BCUT2D eigenvalue weighted by molar-refractivity contribution is 7.22. The second kappa shape index (κ2) is 8.03. The third kappa shape index (κ3) is 3.75. The molecule has 2 aromatic heterocycles. The van der Waals surface area contributed by atoms with Crippen molar-refractivity contribution in [2.45, 2.75) is 47.2 Å². The maximum atomic E-state index is 13.6. The average Bonchev–Trinajstić information content (AvgIpc) is 3.33. The monoisotopic (exact) mass is 418 g/mol. The van der Waals surface area contributed by atoms with Crippen LogP contribution in [0.15, 0.2) is 48.5 Å². The van der Waals surface area contributed by atoms with Crippen LogP contribution in [0.5, 0.6) is 0 Å². The fourth-order valence-electron chi connectivity index (χ4n) is 3.58. The first-order valence-electron chi connectivity index (χ1n) is 10.1. The van der Waals surface area contributed by atoms with E-state index < -0.39 is 0 Å². The van der Waals surface area contributed by atoms with Crippen LogP contribution in [0.4, 0.5) is 5.13 Å². The molecule has 0 saturated carbocycles. The molecule has 6 heteroatoms. The zero-order chi connectivity index (χ0) is 21.4. The van der Waals surface area contributed by atoms with E-state index in [9.17, 15) is 4.79 Å². The van der Waals surface area contributed by atoms with E-state index in [0.717, 1.165) is 27.0 Å². The molecule has 0 spiro atoms. The molecular weight excluding hydrogens is 392 g/mol. The number of carbonyl (C=O) groups is 1. The lowest BCUT2D eigenvalue weighted by Crippen LogP contribution is -2.30. The van der Waals surface area contributed by atoms with E-state index in [1.165, 1.54) is 5.56 Å². The van der Waals surface area contributed by atoms with E-state index in [1.807, 2.05) is 48.0 Å². The molecule has 0 fully saturated rings. The number of aromatic nitrogens is 3. The fourth-order valence-corrected chi connectivity index (χ4v) is 4.60. The number of benzene rings is 2. The predicted molar refractivity (Wildman–Crippen MR) is 123 cm³/mol. The molecule has 0 saturated heterocycles. The van der Waals surface area contributed by atoms with Gasteiger partial charge < -0.3 is 0 Å². The zero-order valence-corrected chi connectivity index (χ0v) is 18.8. The number of carbonyl (C=O) groups excluding carboxylic acids is 1. The van der Waals surface area contributed by atoms with Gasteiger partial charge in [0.1, 0.15) is 0 Å². The summed E-state index contributed by atoms with van der Waals surface area (Å²) in [7, 11) is 0. The summed E-state index contributed by atoms with van der Waals surface area (Å²) in [6.07, 6.45) is 0. The molecule has 4 aromatic rings. The van der Waals surface area contributed by atoms with E-state index in [-0.39, 0.29) is 11.9 Å². The molecule has 0 radical (unpaired) electrons. The first kappa shape index (κ1) is 20.3. The molecule has 154 valence electrons. The van der Waals surface area contributed by atoms with Crippen molar-refractivity contribution < 1.29 is 4.79 Å². The van der Waals surface area contributed by atoms with Gasteiger partial charge in [-0.2, -0.15) is 5.10 Å². The van der Waals surface area contributed by atoms with Crippen LogP contribution in [-0.2, 0) is 6.54 Å². The van der Waals surface area contributed by atoms with Crippen LogP contribution in [0.25, 0.3) is 10.2 Å². The molecule has 1 amide bonds. The molecule has 0 atom stereocenters. The van der Waals surface area contributed by atoms with E-state index in [0.29, 0.717) is 17.4 Å². The van der Waals surface area contributed by atoms with Gasteiger partial charge in [0.25, 0.3) is 5.91 Å². The van der Waals surface area contributed by atoms with Gasteiger partial charge in [-0.15, -0.1) is 0 Å². The molecule has 0 bridgehead atoms. The Labute approximate surface area is 181 Å². The molecule has 2 aromatic carbocycles. The van der Waals surface area contributed by atoms with Gasteiger partial charge in [-0.25, -0.2) is 4.98 Å². The standard InChI is InChI=1S/C24H26N4OS/c1-15(2)28-17(4)13-20(26-28)23(29)27(14-19-9-7-6-8-10-19)24-25-22-18(5)16(3)11-12-21(22)30-24/h6-13,15H,14H2,1-5H3. The Morgan fingerprint density at radius 2 is 1.83 bits per heavy atom. The van der Waals surface area contributed by atoms with Crippen LogP contribution in [-0.4, -0.2) is 20.7 Å². The Kier molecular flexibility index (Phi) is 5.43. The Morgan fingerprint density at radius 3 is 2.50 bits per heavy atom. The lowest BCUT2D eigenvalue weighted by Gasteiger charge is -2.19. The second-order valence-corrected chi connectivity index (χ2v) is 8.95. The predicted octanol–water partition coefficient (Wildman–Crippen LogP) is 5.85. The molecule has 30 heavy (non-hydrogen) atoms. The molecule has 0 aliphatic heterocycles. The number of anilines is 1. The summed E-state index contributed by atoms with van der Waals surface area (Å²) in [5, 5.41) is 5.28. The van der Waals surface area contributed by atoms with E-state index in [4.69, 9.17) is 4.98 Å². The van der Waals surface area contributed by atoms with Gasteiger partial charge >= 0.3 is 0 Å². The van der Waals surface area contributed by atoms with Gasteiger partial charge in [-0.3, -0.25) is 14.4 Å². The van der Waals surface area contributed by atoms with Crippen molar-refractivity contribution in [3.05, 3.63) is 76.6 Å². The minimum absolute atomic E-state index is 0.130. The highest BCUT2D eigenvalue weighted by Crippen LogP contribution is 2.33. The van der Waals surface area contributed by atoms with Gasteiger partial charge in [0.05, 0.1) is 16.8 Å². The molecule has 2 heterocycles. The number of hydrogen-bond acceptors (Lipinski definition) is 4. The van der Waals surface area contributed by atoms with Crippen molar-refractivity contribution >= 4 is 32.6 Å². The highest BCUT2D eigenvalue weighted by atomic mass is 32.1. The van der Waals surface area contributed by atoms with Gasteiger partial charge in [0.2, 0.25) is 0 Å². The number of aryl methyl sites for hydroxylation is 3. The summed E-state index contributed by atoms with van der Waals surface area (Å²) in [5.74, 6) is -0.130. The highest BCUT2D eigenvalue weighted by Gasteiger charge is 2.25. The zero-order valence-electron chi connectivity index (χ0n) is 18.0. The van der Waals surface area contributed by atoms with Crippen molar-refractivity contribution in [1.29, 1.82) is 0 Å². The Hall–Kier alpha value is -2.99. The third-order valence-corrected chi connectivity index (χ3v) is 6.41. The second-order valence-electron chi connectivity index (χ2n) is 7.94. The van der Waals surface area contributed by atoms with Crippen molar-refractivity contribution in [3.8, 4) is 0 Å². The number of amides is 1. The summed E-state index contributed by atoms with van der Waals surface area (Å²) in [6.45, 7) is 10.7. The first-order chi connectivity index (χ1) is 14.3.